The van der Waals surface area contributed by atoms with Crippen LogP contribution in [0.15, 0.2) is 24.3 Å². The number of nitrogens with zero attached hydrogens (tertiary/aromatic N) is 1. The largest absolute Gasteiger partial charge is 0.481 e. The number of carboxylic acid groups (broad SMARTS) is 1. The Bertz CT molecular complexity index is 454. The van der Waals surface area contributed by atoms with Gasteiger partial charge < -0.3 is 10.0 Å². The fraction of sp³-hybridized carbons (Fsp3) is 0.467. The highest BCUT2D eigenvalue weighted by Gasteiger charge is 2.21. The van der Waals surface area contributed by atoms with Crippen LogP contribution in [0.25, 0.3) is 0 Å². The molecule has 1 rings (SSSR count). The first-order chi connectivity index (χ1) is 8.97. The molecule has 0 atom stereocenters. The van der Waals surface area contributed by atoms with Gasteiger partial charge >= 0.3 is 5.97 Å². The Kier molecular flexibility index (Phi) is 5.55. The van der Waals surface area contributed by atoms with Crippen molar-refractivity contribution >= 4 is 17.6 Å². The monoisotopic (exact) mass is 263 g/mol. The molecule has 0 unspecified atom stereocenters. The average molecular weight is 263 g/mol. The van der Waals surface area contributed by atoms with Crippen LogP contribution >= 0.6 is 0 Å². The highest BCUT2D eigenvalue weighted by atomic mass is 16.4. The zero-order valence-electron chi connectivity index (χ0n) is 11.7. The molecule has 1 aromatic carbocycles. The van der Waals surface area contributed by atoms with E-state index >= 15 is 0 Å². The molecule has 0 saturated carbocycles. The molecule has 1 N–H and O–H groups in total. The summed E-state index contributed by atoms with van der Waals surface area (Å²) in [5, 5.41) is 8.82. The first-order valence-corrected chi connectivity index (χ1v) is 6.58. The van der Waals surface area contributed by atoms with Gasteiger partial charge in [0.05, 0.1) is 6.42 Å². The van der Waals surface area contributed by atoms with Crippen LogP contribution < -0.4 is 4.90 Å². The number of para-hydroxylation sites is 1. The molecule has 0 fully saturated rings. The number of carbonyl (C=O) groups is 2. The predicted molar refractivity (Wildman–Crippen MR) is 75.3 cm³/mol. The predicted octanol–water partition coefficient (Wildman–Crippen LogP) is 2.71. The fourth-order valence-corrected chi connectivity index (χ4v) is 1.94. The Hall–Kier alpha value is -1.84. The number of carbonyl (C=O) groups excluding carboxylic acids is 1. The van der Waals surface area contributed by atoms with Gasteiger partial charge in [0, 0.05) is 18.2 Å². The van der Waals surface area contributed by atoms with Crippen molar-refractivity contribution < 1.29 is 14.7 Å². The van der Waals surface area contributed by atoms with Crippen LogP contribution in [0.1, 0.15) is 32.8 Å². The normalized spacial score (nSPS) is 10.5. The van der Waals surface area contributed by atoms with Crippen molar-refractivity contribution in [2.45, 2.75) is 33.6 Å². The second kappa shape index (κ2) is 6.92. The summed E-state index contributed by atoms with van der Waals surface area (Å²) in [6.07, 6.45) is 0.766. The fourth-order valence-electron chi connectivity index (χ4n) is 1.94. The van der Waals surface area contributed by atoms with Gasteiger partial charge in [0.1, 0.15) is 0 Å². The molecule has 0 aliphatic carbocycles. The van der Waals surface area contributed by atoms with Gasteiger partial charge in [-0.05, 0) is 18.1 Å². The standard InChI is InChI=1S/C15H21NO3/c1-4-12-7-5-6-8-13(12)16(10-9-14(17)18)15(19)11(2)3/h5-8,11H,4,9-10H2,1-3H3,(H,17,18). The molecule has 0 spiro atoms. The zero-order chi connectivity index (χ0) is 14.4. The molecular formula is C15H21NO3. The van der Waals surface area contributed by atoms with E-state index in [9.17, 15) is 9.59 Å². The summed E-state index contributed by atoms with van der Waals surface area (Å²) in [6, 6.07) is 7.64. The Balaban J connectivity index is 3.07. The summed E-state index contributed by atoms with van der Waals surface area (Å²) in [6.45, 7) is 5.88. The van der Waals surface area contributed by atoms with Gasteiger partial charge in [-0.2, -0.15) is 0 Å². The number of carboxylic acids is 1. The lowest BCUT2D eigenvalue weighted by Gasteiger charge is -2.26. The molecule has 0 heterocycles. The summed E-state index contributed by atoms with van der Waals surface area (Å²) in [5.74, 6) is -1.09. The second-order valence-electron chi connectivity index (χ2n) is 4.77. The number of rotatable bonds is 6. The first kappa shape index (κ1) is 15.2. The van der Waals surface area contributed by atoms with Gasteiger partial charge in [0.15, 0.2) is 0 Å². The van der Waals surface area contributed by atoms with Crippen molar-refractivity contribution in [2.75, 3.05) is 11.4 Å². The van der Waals surface area contributed by atoms with E-state index in [0.29, 0.717) is 0 Å². The third-order valence-electron chi connectivity index (χ3n) is 2.97. The third kappa shape index (κ3) is 4.09. The Morgan fingerprint density at radius 2 is 1.89 bits per heavy atom. The topological polar surface area (TPSA) is 57.6 Å². The lowest BCUT2D eigenvalue weighted by molar-refractivity contribution is -0.136. The highest BCUT2D eigenvalue weighted by molar-refractivity contribution is 5.95. The van der Waals surface area contributed by atoms with Crippen molar-refractivity contribution in [2.24, 2.45) is 5.92 Å². The maximum atomic E-state index is 12.3. The van der Waals surface area contributed by atoms with E-state index in [1.807, 2.05) is 45.0 Å². The summed E-state index contributed by atoms with van der Waals surface area (Å²) in [5.41, 5.74) is 1.88. The van der Waals surface area contributed by atoms with E-state index in [4.69, 9.17) is 5.11 Å². The maximum Gasteiger partial charge on any atom is 0.305 e. The van der Waals surface area contributed by atoms with Crippen molar-refractivity contribution in [3.8, 4) is 0 Å². The first-order valence-electron chi connectivity index (χ1n) is 6.58. The number of aliphatic carboxylic acids is 1. The van der Waals surface area contributed by atoms with Crippen LogP contribution in [0, 0.1) is 5.92 Å². The van der Waals surface area contributed by atoms with Crippen LogP contribution in [0.3, 0.4) is 0 Å². The molecule has 0 radical (unpaired) electrons. The van der Waals surface area contributed by atoms with Gasteiger partial charge in [-0.1, -0.05) is 39.0 Å². The Labute approximate surface area is 114 Å². The molecule has 0 aliphatic rings. The minimum atomic E-state index is -0.893. The van der Waals surface area contributed by atoms with Crippen LogP contribution in [-0.2, 0) is 16.0 Å². The summed E-state index contributed by atoms with van der Waals surface area (Å²) in [4.78, 5) is 24.6. The van der Waals surface area contributed by atoms with Gasteiger partial charge in [-0.25, -0.2) is 0 Å². The molecule has 1 aromatic rings. The van der Waals surface area contributed by atoms with Gasteiger partial charge in [0.25, 0.3) is 0 Å². The molecule has 0 aromatic heterocycles. The molecule has 104 valence electrons. The summed E-state index contributed by atoms with van der Waals surface area (Å²) < 4.78 is 0. The lowest BCUT2D eigenvalue weighted by atomic mass is 10.1. The second-order valence-corrected chi connectivity index (χ2v) is 4.77. The number of hydrogen-bond acceptors (Lipinski definition) is 2. The molecule has 4 heteroatoms. The molecule has 0 aliphatic heterocycles. The quantitative estimate of drug-likeness (QED) is 0.858. The van der Waals surface area contributed by atoms with Gasteiger partial charge in [-0.15, -0.1) is 0 Å². The number of amides is 1. The van der Waals surface area contributed by atoms with Crippen LogP contribution in [0.5, 0.6) is 0 Å². The third-order valence-corrected chi connectivity index (χ3v) is 2.97. The van der Waals surface area contributed by atoms with E-state index in [2.05, 4.69) is 0 Å². The molecular weight excluding hydrogens is 242 g/mol. The van der Waals surface area contributed by atoms with E-state index in [1.165, 1.54) is 0 Å². The van der Waals surface area contributed by atoms with Crippen molar-refractivity contribution in [3.63, 3.8) is 0 Å². The molecule has 19 heavy (non-hydrogen) atoms. The van der Waals surface area contributed by atoms with Crippen molar-refractivity contribution in [3.05, 3.63) is 29.8 Å². The molecule has 0 bridgehead atoms. The van der Waals surface area contributed by atoms with Gasteiger partial charge in [-0.3, -0.25) is 9.59 Å². The zero-order valence-corrected chi connectivity index (χ0v) is 11.7. The lowest BCUT2D eigenvalue weighted by Crippen LogP contribution is -2.36. The van der Waals surface area contributed by atoms with Gasteiger partial charge in [0.2, 0.25) is 5.91 Å². The number of aryl methyl sites for hydroxylation is 1. The SMILES string of the molecule is CCc1ccccc1N(CCC(=O)O)C(=O)C(C)C. The number of hydrogen-bond donors (Lipinski definition) is 1. The van der Waals surface area contributed by atoms with E-state index in [0.717, 1.165) is 17.7 Å². The maximum absolute atomic E-state index is 12.3. The Morgan fingerprint density at radius 3 is 2.42 bits per heavy atom. The minimum absolute atomic E-state index is 0.0397. The Morgan fingerprint density at radius 1 is 1.26 bits per heavy atom. The number of benzene rings is 1. The van der Waals surface area contributed by atoms with E-state index in [-0.39, 0.29) is 24.8 Å². The van der Waals surface area contributed by atoms with Crippen LogP contribution in [0.4, 0.5) is 5.69 Å². The molecule has 4 nitrogen and oxygen atoms in total. The molecule has 0 saturated heterocycles. The van der Waals surface area contributed by atoms with Crippen LogP contribution in [0.2, 0.25) is 0 Å². The van der Waals surface area contributed by atoms with Crippen molar-refractivity contribution in [1.82, 2.24) is 0 Å². The summed E-state index contributed by atoms with van der Waals surface area (Å²) in [7, 11) is 0. The highest BCUT2D eigenvalue weighted by Crippen LogP contribution is 2.23. The summed E-state index contributed by atoms with van der Waals surface area (Å²) >= 11 is 0. The number of anilines is 1. The molecule has 1 amide bonds. The van der Waals surface area contributed by atoms with E-state index in [1.54, 1.807) is 4.90 Å². The van der Waals surface area contributed by atoms with Crippen LogP contribution in [-0.4, -0.2) is 23.5 Å². The van der Waals surface area contributed by atoms with Crippen molar-refractivity contribution in [1.29, 1.82) is 0 Å². The smallest absolute Gasteiger partial charge is 0.305 e. The minimum Gasteiger partial charge on any atom is -0.481 e. The van der Waals surface area contributed by atoms with E-state index < -0.39 is 5.97 Å². The average Bonchev–Trinajstić information content (AvgIpc) is 2.38.